The van der Waals surface area contributed by atoms with Crippen LogP contribution in [0.5, 0.6) is 0 Å². The Hall–Kier alpha value is -2.29. The lowest BCUT2D eigenvalue weighted by molar-refractivity contribution is 0.0946. The highest BCUT2D eigenvalue weighted by Gasteiger charge is 2.23. The van der Waals surface area contributed by atoms with Gasteiger partial charge in [-0.3, -0.25) is 9.69 Å². The van der Waals surface area contributed by atoms with Gasteiger partial charge in [0.05, 0.1) is 12.2 Å². The lowest BCUT2D eigenvalue weighted by atomic mass is 10.1. The summed E-state index contributed by atoms with van der Waals surface area (Å²) in [7, 11) is 0. The number of amides is 1. The Morgan fingerprint density at radius 1 is 1.29 bits per heavy atom. The molecule has 1 amide bonds. The molecule has 3 heterocycles. The first kappa shape index (κ1) is 19.0. The average molecular weight is 400 g/mol. The maximum atomic E-state index is 12.0. The summed E-state index contributed by atoms with van der Waals surface area (Å²) >= 11 is 1.87. The van der Waals surface area contributed by atoms with Crippen molar-refractivity contribution in [2.75, 3.05) is 26.2 Å². The fraction of sp³-hybridized carbons (Fsp3) is 0.450. The van der Waals surface area contributed by atoms with Gasteiger partial charge in [0.15, 0.2) is 5.69 Å². The molecule has 1 saturated heterocycles. The molecule has 28 heavy (non-hydrogen) atoms. The first-order valence-electron chi connectivity index (χ1n) is 9.73. The smallest absolute Gasteiger partial charge is 0.273 e. The van der Waals surface area contributed by atoms with Crippen LogP contribution < -0.4 is 5.32 Å². The van der Waals surface area contributed by atoms with Crippen LogP contribution >= 0.6 is 11.3 Å². The molecule has 2 aromatic heterocycles. The van der Waals surface area contributed by atoms with Gasteiger partial charge in [0.2, 0.25) is 0 Å². The van der Waals surface area contributed by atoms with E-state index in [0.29, 0.717) is 18.7 Å². The summed E-state index contributed by atoms with van der Waals surface area (Å²) in [6.07, 6.45) is 4.28. The molecule has 0 saturated carbocycles. The molecular weight excluding hydrogens is 374 g/mol. The largest absolute Gasteiger partial charge is 0.396 e. The van der Waals surface area contributed by atoms with E-state index in [1.54, 1.807) is 6.20 Å². The van der Waals surface area contributed by atoms with Gasteiger partial charge in [0.1, 0.15) is 0 Å². The van der Waals surface area contributed by atoms with Crippen LogP contribution in [0.25, 0.3) is 10.1 Å². The molecule has 0 spiro atoms. The van der Waals surface area contributed by atoms with Gasteiger partial charge < -0.3 is 10.4 Å². The molecule has 0 aliphatic carbocycles. The Labute approximate surface area is 168 Å². The number of aliphatic hydroxyl groups excluding tert-OH is 1. The highest BCUT2D eigenvalue weighted by atomic mass is 32.1. The molecule has 0 unspecified atom stereocenters. The van der Waals surface area contributed by atoms with Crippen molar-refractivity contribution in [1.29, 1.82) is 0 Å². The fourth-order valence-electron chi connectivity index (χ4n) is 3.61. The average Bonchev–Trinajstić information content (AvgIpc) is 3.35. The van der Waals surface area contributed by atoms with Crippen molar-refractivity contribution >= 4 is 27.3 Å². The van der Waals surface area contributed by atoms with Crippen LogP contribution in [-0.4, -0.2) is 57.1 Å². The SMILES string of the molecule is O=C(NCCCO)c1cn(C2CCN(Cc3cc4ccccc4s3)CC2)nn1. The molecule has 0 bridgehead atoms. The van der Waals surface area contributed by atoms with Crippen molar-refractivity contribution < 1.29 is 9.90 Å². The lowest BCUT2D eigenvalue weighted by Gasteiger charge is -2.31. The number of benzene rings is 1. The molecule has 1 aliphatic rings. The zero-order chi connectivity index (χ0) is 19.3. The minimum atomic E-state index is -0.234. The van der Waals surface area contributed by atoms with Crippen LogP contribution in [0.2, 0.25) is 0 Å². The molecule has 1 fully saturated rings. The number of carbonyl (C=O) groups is 1. The van der Waals surface area contributed by atoms with Crippen molar-refractivity contribution in [2.45, 2.75) is 31.8 Å². The Bertz CT molecular complexity index is 896. The van der Waals surface area contributed by atoms with Crippen LogP contribution in [-0.2, 0) is 6.54 Å². The Balaban J connectivity index is 1.30. The van der Waals surface area contributed by atoms with Gasteiger partial charge in [-0.15, -0.1) is 16.4 Å². The lowest BCUT2D eigenvalue weighted by Crippen LogP contribution is -2.34. The van der Waals surface area contributed by atoms with Gasteiger partial charge in [-0.1, -0.05) is 23.4 Å². The van der Waals surface area contributed by atoms with Crippen LogP contribution in [0.4, 0.5) is 0 Å². The summed E-state index contributed by atoms with van der Waals surface area (Å²) in [6, 6.07) is 11.1. The molecule has 0 atom stereocenters. The number of rotatable bonds is 7. The number of hydrogen-bond donors (Lipinski definition) is 2. The number of fused-ring (bicyclic) bond motifs is 1. The molecular formula is C20H25N5O2S. The van der Waals surface area contributed by atoms with Crippen molar-refractivity contribution in [1.82, 2.24) is 25.2 Å². The van der Waals surface area contributed by atoms with Gasteiger partial charge >= 0.3 is 0 Å². The normalized spacial score (nSPS) is 15.9. The quantitative estimate of drug-likeness (QED) is 0.596. The van der Waals surface area contributed by atoms with Gasteiger partial charge in [-0.25, -0.2) is 4.68 Å². The minimum Gasteiger partial charge on any atom is -0.396 e. The van der Waals surface area contributed by atoms with E-state index in [2.05, 4.69) is 50.9 Å². The number of aromatic nitrogens is 3. The monoisotopic (exact) mass is 399 g/mol. The predicted molar refractivity (Wildman–Crippen MR) is 109 cm³/mol. The molecule has 2 N–H and O–H groups in total. The Morgan fingerprint density at radius 3 is 2.89 bits per heavy atom. The van der Waals surface area contributed by atoms with E-state index in [1.807, 2.05) is 16.0 Å². The third kappa shape index (κ3) is 4.40. The van der Waals surface area contributed by atoms with Gasteiger partial charge in [-0.2, -0.15) is 0 Å². The molecule has 0 radical (unpaired) electrons. The van der Waals surface area contributed by atoms with Gasteiger partial charge in [0, 0.05) is 42.4 Å². The number of piperidine rings is 1. The zero-order valence-corrected chi connectivity index (χ0v) is 16.6. The number of aliphatic hydroxyl groups is 1. The number of likely N-dealkylation sites (tertiary alicyclic amines) is 1. The first-order chi connectivity index (χ1) is 13.7. The van der Waals surface area contributed by atoms with Crippen molar-refractivity contribution in [3.8, 4) is 0 Å². The summed E-state index contributed by atoms with van der Waals surface area (Å²) in [6.45, 7) is 3.51. The van der Waals surface area contributed by atoms with Gasteiger partial charge in [0.25, 0.3) is 5.91 Å². The van der Waals surface area contributed by atoms with E-state index < -0.39 is 0 Å². The number of nitrogens with one attached hydrogen (secondary N) is 1. The number of carbonyl (C=O) groups excluding carboxylic acids is 1. The van der Waals surface area contributed by atoms with E-state index in [9.17, 15) is 4.79 Å². The number of thiophene rings is 1. The first-order valence-corrected chi connectivity index (χ1v) is 10.6. The van der Waals surface area contributed by atoms with E-state index in [0.717, 1.165) is 32.5 Å². The molecule has 7 nitrogen and oxygen atoms in total. The van der Waals surface area contributed by atoms with Crippen LogP contribution in [0.15, 0.2) is 36.5 Å². The molecule has 1 aliphatic heterocycles. The van der Waals surface area contributed by atoms with Crippen molar-refractivity contribution in [3.05, 3.63) is 47.1 Å². The zero-order valence-electron chi connectivity index (χ0n) is 15.8. The van der Waals surface area contributed by atoms with Crippen molar-refractivity contribution in [3.63, 3.8) is 0 Å². The second-order valence-corrected chi connectivity index (χ2v) is 8.34. The Morgan fingerprint density at radius 2 is 2.11 bits per heavy atom. The van der Waals surface area contributed by atoms with Crippen LogP contribution in [0.3, 0.4) is 0 Å². The maximum absolute atomic E-state index is 12.0. The fourth-order valence-corrected chi connectivity index (χ4v) is 4.71. The summed E-state index contributed by atoms with van der Waals surface area (Å²) < 4.78 is 3.18. The summed E-state index contributed by atoms with van der Waals surface area (Å²) in [5.74, 6) is -0.234. The molecule has 1 aromatic carbocycles. The maximum Gasteiger partial charge on any atom is 0.273 e. The minimum absolute atomic E-state index is 0.0625. The van der Waals surface area contributed by atoms with Gasteiger partial charge in [-0.05, 0) is 36.8 Å². The van der Waals surface area contributed by atoms with E-state index >= 15 is 0 Å². The highest BCUT2D eigenvalue weighted by Crippen LogP contribution is 2.28. The highest BCUT2D eigenvalue weighted by molar-refractivity contribution is 7.19. The second-order valence-electron chi connectivity index (χ2n) is 7.17. The molecule has 4 rings (SSSR count). The van der Waals surface area contributed by atoms with E-state index in [4.69, 9.17) is 5.11 Å². The molecule has 3 aromatic rings. The van der Waals surface area contributed by atoms with E-state index in [1.165, 1.54) is 15.0 Å². The summed E-state index contributed by atoms with van der Waals surface area (Å²) in [4.78, 5) is 15.9. The van der Waals surface area contributed by atoms with Crippen molar-refractivity contribution in [2.24, 2.45) is 0 Å². The summed E-state index contributed by atoms with van der Waals surface area (Å²) in [5.41, 5.74) is 0.339. The third-order valence-corrected chi connectivity index (χ3v) is 6.25. The van der Waals surface area contributed by atoms with Crippen LogP contribution in [0.1, 0.15) is 40.7 Å². The third-order valence-electron chi connectivity index (χ3n) is 5.15. The number of nitrogens with zero attached hydrogens (tertiary/aromatic N) is 4. The Kier molecular flexibility index (Phi) is 5.99. The topological polar surface area (TPSA) is 83.3 Å². The molecule has 148 valence electrons. The summed E-state index contributed by atoms with van der Waals surface area (Å²) in [5, 5.41) is 21.0. The predicted octanol–water partition coefficient (Wildman–Crippen LogP) is 2.44. The number of hydrogen-bond acceptors (Lipinski definition) is 6. The van der Waals surface area contributed by atoms with E-state index in [-0.39, 0.29) is 18.6 Å². The standard InChI is InChI=1S/C20H25N5O2S/c26-11-3-8-21-20(27)18-14-25(23-22-18)16-6-9-24(10-7-16)13-17-12-15-4-1-2-5-19(15)28-17/h1-2,4-5,12,14,16,26H,3,6-11,13H2,(H,21,27). The molecule has 8 heteroatoms. The second kappa shape index (κ2) is 8.81. The van der Waals surface area contributed by atoms with Crippen LogP contribution in [0, 0.1) is 0 Å².